The van der Waals surface area contributed by atoms with Gasteiger partial charge in [0.1, 0.15) is 0 Å². The molecule has 2 aromatic heterocycles. The maximum Gasteiger partial charge on any atom is 0.216 e. The molecule has 104 valence electrons. The Labute approximate surface area is 122 Å². The van der Waals surface area contributed by atoms with Crippen LogP contribution < -0.4 is 5.73 Å². The molecule has 0 amide bonds. The summed E-state index contributed by atoms with van der Waals surface area (Å²) in [6.07, 6.45) is 0. The van der Waals surface area contributed by atoms with Crippen LogP contribution in [0.25, 0.3) is 16.2 Å². The second-order valence-electron chi connectivity index (χ2n) is 5.36. The summed E-state index contributed by atoms with van der Waals surface area (Å²) < 4.78 is 2.06. The molecule has 0 radical (unpaired) electrons. The summed E-state index contributed by atoms with van der Waals surface area (Å²) >= 11 is 1.59. The number of hydrogen-bond donors (Lipinski definition) is 1. The van der Waals surface area contributed by atoms with E-state index in [1.807, 2.05) is 6.92 Å². The van der Waals surface area contributed by atoms with E-state index in [2.05, 4.69) is 58.1 Å². The van der Waals surface area contributed by atoms with E-state index in [-0.39, 0.29) is 6.04 Å². The molecule has 0 bridgehead atoms. The minimum absolute atomic E-state index is 0.131. The van der Waals surface area contributed by atoms with Crippen LogP contribution in [-0.2, 0) is 0 Å². The number of fused-ring (bicyclic) bond motifs is 1. The lowest BCUT2D eigenvalue weighted by atomic mass is 10.0. The van der Waals surface area contributed by atoms with Crippen molar-refractivity contribution in [2.75, 3.05) is 0 Å². The molecule has 0 aliphatic rings. The van der Waals surface area contributed by atoms with Crippen LogP contribution >= 0.6 is 11.3 Å². The quantitative estimate of drug-likeness (QED) is 0.800. The van der Waals surface area contributed by atoms with Gasteiger partial charge in [-0.15, -0.1) is 21.5 Å². The molecule has 1 unspecified atom stereocenters. The normalized spacial score (nSPS) is 13.2. The fourth-order valence-corrected chi connectivity index (χ4v) is 3.12. The predicted molar refractivity (Wildman–Crippen MR) is 83.0 cm³/mol. The zero-order valence-electron chi connectivity index (χ0n) is 11.9. The predicted octanol–water partition coefficient (Wildman–Crippen LogP) is 3.60. The second kappa shape index (κ2) is 5.00. The highest BCUT2D eigenvalue weighted by atomic mass is 32.1. The second-order valence-corrected chi connectivity index (χ2v) is 6.20. The van der Waals surface area contributed by atoms with Crippen molar-refractivity contribution < 1.29 is 0 Å². The Morgan fingerprint density at radius 2 is 1.80 bits per heavy atom. The highest BCUT2D eigenvalue weighted by molar-refractivity contribution is 7.15. The van der Waals surface area contributed by atoms with E-state index in [0.29, 0.717) is 5.92 Å². The van der Waals surface area contributed by atoms with Gasteiger partial charge in [0.05, 0.1) is 11.7 Å². The Balaban J connectivity index is 2.11. The molecule has 1 aromatic carbocycles. The maximum atomic E-state index is 5.98. The number of hydrogen-bond acceptors (Lipinski definition) is 4. The van der Waals surface area contributed by atoms with Crippen molar-refractivity contribution in [2.45, 2.75) is 32.7 Å². The molecular formula is C15H18N4S. The molecule has 3 rings (SSSR count). The molecule has 0 fully saturated rings. The largest absolute Gasteiger partial charge is 0.322 e. The fourth-order valence-electron chi connectivity index (χ4n) is 2.28. The summed E-state index contributed by atoms with van der Waals surface area (Å²) in [5, 5.41) is 10.5. The average Bonchev–Trinajstić information content (AvgIpc) is 2.99. The molecule has 3 aromatic rings. The van der Waals surface area contributed by atoms with Crippen LogP contribution in [0.4, 0.5) is 0 Å². The molecule has 1 atom stereocenters. The van der Waals surface area contributed by atoms with Crippen LogP contribution in [0.15, 0.2) is 29.6 Å². The van der Waals surface area contributed by atoms with Crippen LogP contribution in [0.1, 0.15) is 44.1 Å². The summed E-state index contributed by atoms with van der Waals surface area (Å²) in [4.78, 5) is 0.889. The SMILES string of the molecule is CC(C)c1ccc(-c2csc3nnc(C(C)N)n23)cc1. The summed E-state index contributed by atoms with van der Waals surface area (Å²) in [6, 6.07) is 8.54. The minimum Gasteiger partial charge on any atom is -0.322 e. The number of benzene rings is 1. The smallest absolute Gasteiger partial charge is 0.216 e. The van der Waals surface area contributed by atoms with Gasteiger partial charge in [-0.3, -0.25) is 4.40 Å². The van der Waals surface area contributed by atoms with Gasteiger partial charge in [0.25, 0.3) is 0 Å². The summed E-state index contributed by atoms with van der Waals surface area (Å²) in [6.45, 7) is 6.33. The van der Waals surface area contributed by atoms with Crippen LogP contribution in [0, 0.1) is 0 Å². The first-order valence-electron chi connectivity index (χ1n) is 6.76. The van der Waals surface area contributed by atoms with E-state index in [0.717, 1.165) is 16.5 Å². The minimum atomic E-state index is -0.131. The van der Waals surface area contributed by atoms with Gasteiger partial charge in [0, 0.05) is 5.38 Å². The van der Waals surface area contributed by atoms with Crippen molar-refractivity contribution in [3.8, 4) is 11.3 Å². The average molecular weight is 286 g/mol. The highest BCUT2D eigenvalue weighted by Crippen LogP contribution is 2.28. The highest BCUT2D eigenvalue weighted by Gasteiger charge is 2.15. The lowest BCUT2D eigenvalue weighted by Crippen LogP contribution is -2.10. The van der Waals surface area contributed by atoms with Crippen molar-refractivity contribution >= 4 is 16.3 Å². The Morgan fingerprint density at radius 1 is 1.10 bits per heavy atom. The van der Waals surface area contributed by atoms with Gasteiger partial charge in [0.2, 0.25) is 4.96 Å². The van der Waals surface area contributed by atoms with E-state index >= 15 is 0 Å². The molecule has 2 N–H and O–H groups in total. The maximum absolute atomic E-state index is 5.98. The Kier molecular flexibility index (Phi) is 3.31. The molecule has 0 aliphatic carbocycles. The zero-order chi connectivity index (χ0) is 14.3. The van der Waals surface area contributed by atoms with Crippen LogP contribution in [-0.4, -0.2) is 14.6 Å². The first kappa shape index (κ1) is 13.3. The molecule has 2 heterocycles. The number of thiazole rings is 1. The van der Waals surface area contributed by atoms with Crippen LogP contribution in [0.5, 0.6) is 0 Å². The van der Waals surface area contributed by atoms with Gasteiger partial charge in [-0.2, -0.15) is 0 Å². The van der Waals surface area contributed by atoms with E-state index in [4.69, 9.17) is 5.73 Å². The topological polar surface area (TPSA) is 56.2 Å². The monoisotopic (exact) mass is 286 g/mol. The first-order valence-corrected chi connectivity index (χ1v) is 7.64. The van der Waals surface area contributed by atoms with E-state index in [9.17, 15) is 0 Å². The van der Waals surface area contributed by atoms with Gasteiger partial charge >= 0.3 is 0 Å². The summed E-state index contributed by atoms with van der Waals surface area (Å²) in [7, 11) is 0. The van der Waals surface area contributed by atoms with Crippen molar-refractivity contribution in [3.05, 3.63) is 41.0 Å². The Morgan fingerprint density at radius 3 is 2.40 bits per heavy atom. The van der Waals surface area contributed by atoms with Crippen LogP contribution in [0.3, 0.4) is 0 Å². The standard InChI is InChI=1S/C15H18N4S/c1-9(2)11-4-6-12(7-5-11)13-8-20-15-18-17-14(10(3)16)19(13)15/h4-10H,16H2,1-3H3. The van der Waals surface area contributed by atoms with Crippen molar-refractivity contribution in [1.29, 1.82) is 0 Å². The third-order valence-electron chi connectivity index (χ3n) is 3.46. The van der Waals surface area contributed by atoms with Gasteiger partial charge in [0.15, 0.2) is 5.82 Å². The van der Waals surface area contributed by atoms with E-state index in [1.165, 1.54) is 11.1 Å². The Bertz CT molecular complexity index is 722. The molecular weight excluding hydrogens is 268 g/mol. The van der Waals surface area contributed by atoms with Crippen LogP contribution in [0.2, 0.25) is 0 Å². The van der Waals surface area contributed by atoms with Crippen molar-refractivity contribution in [2.24, 2.45) is 5.73 Å². The van der Waals surface area contributed by atoms with Gasteiger partial charge in [-0.05, 0) is 24.0 Å². The summed E-state index contributed by atoms with van der Waals surface area (Å²) in [5.41, 5.74) is 9.60. The van der Waals surface area contributed by atoms with Crippen molar-refractivity contribution in [1.82, 2.24) is 14.6 Å². The fraction of sp³-hybridized carbons (Fsp3) is 0.333. The van der Waals surface area contributed by atoms with E-state index < -0.39 is 0 Å². The van der Waals surface area contributed by atoms with Gasteiger partial charge in [-0.1, -0.05) is 38.1 Å². The molecule has 0 spiro atoms. The summed E-state index contributed by atoms with van der Waals surface area (Å²) in [5.74, 6) is 1.35. The van der Waals surface area contributed by atoms with E-state index in [1.54, 1.807) is 11.3 Å². The third-order valence-corrected chi connectivity index (χ3v) is 4.27. The molecule has 5 heteroatoms. The number of aromatic nitrogens is 3. The molecule has 20 heavy (non-hydrogen) atoms. The number of nitrogens with zero attached hydrogens (tertiary/aromatic N) is 3. The Hall–Kier alpha value is -1.72. The first-order chi connectivity index (χ1) is 9.58. The molecule has 0 saturated carbocycles. The number of rotatable bonds is 3. The zero-order valence-corrected chi connectivity index (χ0v) is 12.7. The molecule has 4 nitrogen and oxygen atoms in total. The van der Waals surface area contributed by atoms with Gasteiger partial charge in [-0.25, -0.2) is 0 Å². The number of nitrogens with two attached hydrogens (primary N) is 1. The lowest BCUT2D eigenvalue weighted by Gasteiger charge is -2.08. The molecule has 0 aliphatic heterocycles. The van der Waals surface area contributed by atoms with Gasteiger partial charge < -0.3 is 5.73 Å². The van der Waals surface area contributed by atoms with Crippen molar-refractivity contribution in [3.63, 3.8) is 0 Å². The third kappa shape index (κ3) is 2.13. The molecule has 0 saturated heterocycles. The lowest BCUT2D eigenvalue weighted by molar-refractivity contribution is 0.729.